The molecule has 0 saturated carbocycles. The third-order valence-electron chi connectivity index (χ3n) is 5.10. The standard InChI is InChI=1S/C22H17F3N6OS/c1-12(22(23,24)25)32-18-6-13(14-8-29-31(2)9-14)5-17-20(18)21(27-10-26-17)30-15-3-4-16-19(7-15)33-11-28-16/h3-12H,1-2H3,(H,26,27,30)/t12-/m1/s1. The molecule has 33 heavy (non-hydrogen) atoms. The van der Waals surface area contributed by atoms with Crippen molar-refractivity contribution in [1.29, 1.82) is 0 Å². The third-order valence-corrected chi connectivity index (χ3v) is 5.89. The van der Waals surface area contributed by atoms with Crippen LogP contribution in [-0.2, 0) is 7.05 Å². The fraction of sp³-hybridized carbons (Fsp3) is 0.182. The molecular weight excluding hydrogens is 453 g/mol. The summed E-state index contributed by atoms with van der Waals surface area (Å²) in [5.74, 6) is 0.365. The Morgan fingerprint density at radius 2 is 1.91 bits per heavy atom. The van der Waals surface area contributed by atoms with Gasteiger partial charge < -0.3 is 10.1 Å². The van der Waals surface area contributed by atoms with Gasteiger partial charge in [0.25, 0.3) is 0 Å². The second-order valence-corrected chi connectivity index (χ2v) is 8.34. The first-order chi connectivity index (χ1) is 15.8. The highest BCUT2D eigenvalue weighted by Crippen LogP contribution is 2.38. The molecule has 5 aromatic rings. The fourth-order valence-electron chi connectivity index (χ4n) is 3.41. The van der Waals surface area contributed by atoms with Crippen LogP contribution in [0.15, 0.2) is 54.6 Å². The summed E-state index contributed by atoms with van der Waals surface area (Å²) < 4.78 is 48.0. The quantitative estimate of drug-likeness (QED) is 0.354. The van der Waals surface area contributed by atoms with Crippen LogP contribution in [-0.4, -0.2) is 37.0 Å². The van der Waals surface area contributed by atoms with Crippen LogP contribution in [0.2, 0.25) is 0 Å². The highest BCUT2D eigenvalue weighted by atomic mass is 32.1. The lowest BCUT2D eigenvalue weighted by Gasteiger charge is -2.20. The van der Waals surface area contributed by atoms with E-state index in [1.807, 2.05) is 18.2 Å². The monoisotopic (exact) mass is 470 g/mol. The molecule has 0 bridgehead atoms. The van der Waals surface area contributed by atoms with Gasteiger partial charge in [0.15, 0.2) is 6.10 Å². The van der Waals surface area contributed by atoms with Gasteiger partial charge in [-0.25, -0.2) is 15.0 Å². The number of anilines is 2. The second-order valence-electron chi connectivity index (χ2n) is 7.46. The topological polar surface area (TPSA) is 77.8 Å². The number of halogens is 3. The van der Waals surface area contributed by atoms with Gasteiger partial charge >= 0.3 is 6.18 Å². The first-order valence-electron chi connectivity index (χ1n) is 9.89. The van der Waals surface area contributed by atoms with E-state index >= 15 is 0 Å². The number of hydrogen-bond acceptors (Lipinski definition) is 7. The molecule has 168 valence electrons. The highest BCUT2D eigenvalue weighted by molar-refractivity contribution is 7.16. The summed E-state index contributed by atoms with van der Waals surface area (Å²) in [6, 6.07) is 8.93. The van der Waals surface area contributed by atoms with Crippen molar-refractivity contribution in [3.05, 3.63) is 54.6 Å². The van der Waals surface area contributed by atoms with Crippen molar-refractivity contribution >= 4 is 44.0 Å². The third kappa shape index (κ3) is 4.19. The molecule has 0 aliphatic heterocycles. The molecule has 0 saturated heterocycles. The number of fused-ring (bicyclic) bond motifs is 2. The van der Waals surface area contributed by atoms with Crippen molar-refractivity contribution in [1.82, 2.24) is 24.7 Å². The zero-order valence-corrected chi connectivity index (χ0v) is 18.3. The average molecular weight is 470 g/mol. The van der Waals surface area contributed by atoms with Gasteiger partial charge in [-0.05, 0) is 42.8 Å². The van der Waals surface area contributed by atoms with E-state index in [1.165, 1.54) is 17.7 Å². The zero-order valence-electron chi connectivity index (χ0n) is 17.5. The summed E-state index contributed by atoms with van der Waals surface area (Å²) in [4.78, 5) is 12.9. The lowest BCUT2D eigenvalue weighted by atomic mass is 10.1. The maximum absolute atomic E-state index is 13.3. The molecular formula is C22H17F3N6OS. The Balaban J connectivity index is 1.64. The Kier molecular flexibility index (Phi) is 5.12. The molecule has 0 fully saturated rings. The molecule has 0 aliphatic rings. The average Bonchev–Trinajstić information content (AvgIpc) is 3.41. The number of thiazole rings is 1. The maximum atomic E-state index is 13.3. The fourth-order valence-corrected chi connectivity index (χ4v) is 4.12. The Morgan fingerprint density at radius 3 is 2.67 bits per heavy atom. The molecule has 0 radical (unpaired) electrons. The predicted molar refractivity (Wildman–Crippen MR) is 121 cm³/mol. The van der Waals surface area contributed by atoms with Crippen LogP contribution < -0.4 is 10.1 Å². The Morgan fingerprint density at radius 1 is 1.06 bits per heavy atom. The molecule has 0 amide bonds. The van der Waals surface area contributed by atoms with Crippen molar-refractivity contribution in [3.8, 4) is 16.9 Å². The zero-order chi connectivity index (χ0) is 23.2. The number of hydrogen-bond donors (Lipinski definition) is 1. The number of aromatic nitrogens is 5. The highest BCUT2D eigenvalue weighted by Gasteiger charge is 2.38. The number of nitrogens with one attached hydrogen (secondary N) is 1. The maximum Gasteiger partial charge on any atom is 0.425 e. The summed E-state index contributed by atoms with van der Waals surface area (Å²) in [6.45, 7) is 0.969. The minimum Gasteiger partial charge on any atom is -0.480 e. The Labute approximate surface area is 189 Å². The van der Waals surface area contributed by atoms with Crippen LogP contribution >= 0.6 is 11.3 Å². The van der Waals surface area contributed by atoms with E-state index in [4.69, 9.17) is 4.74 Å². The van der Waals surface area contributed by atoms with Gasteiger partial charge in [-0.15, -0.1) is 11.3 Å². The van der Waals surface area contributed by atoms with Crippen LogP contribution in [0.4, 0.5) is 24.7 Å². The Bertz CT molecular complexity index is 1460. The van der Waals surface area contributed by atoms with E-state index < -0.39 is 12.3 Å². The molecule has 5 rings (SSSR count). The molecule has 7 nitrogen and oxygen atoms in total. The summed E-state index contributed by atoms with van der Waals surface area (Å²) in [5, 5.41) is 7.69. The van der Waals surface area contributed by atoms with Crippen LogP contribution in [0, 0.1) is 0 Å². The number of alkyl halides is 3. The molecule has 2 aromatic carbocycles. The number of benzene rings is 2. The minimum atomic E-state index is -4.53. The van der Waals surface area contributed by atoms with E-state index in [1.54, 1.807) is 41.8 Å². The predicted octanol–water partition coefficient (Wildman–Crippen LogP) is 5.71. The first kappa shape index (κ1) is 21.1. The normalized spacial score (nSPS) is 12.9. The molecule has 0 unspecified atom stereocenters. The molecule has 1 N–H and O–H groups in total. The number of rotatable bonds is 5. The Hall–Kier alpha value is -3.73. The molecule has 11 heteroatoms. The van der Waals surface area contributed by atoms with Crippen LogP contribution in [0.1, 0.15) is 6.92 Å². The molecule has 3 aromatic heterocycles. The lowest BCUT2D eigenvalue weighted by Crippen LogP contribution is -2.31. The van der Waals surface area contributed by atoms with Gasteiger partial charge in [-0.2, -0.15) is 18.3 Å². The van der Waals surface area contributed by atoms with E-state index in [-0.39, 0.29) is 5.75 Å². The van der Waals surface area contributed by atoms with Crippen molar-refractivity contribution < 1.29 is 17.9 Å². The SMILES string of the molecule is C[C@@H](Oc1cc(-c2cnn(C)c2)cc2ncnc(Nc3ccc4ncsc4c3)c12)C(F)(F)F. The number of ether oxygens (including phenoxy) is 1. The minimum absolute atomic E-state index is 0.0261. The van der Waals surface area contributed by atoms with Crippen LogP contribution in [0.3, 0.4) is 0 Å². The lowest BCUT2D eigenvalue weighted by molar-refractivity contribution is -0.188. The van der Waals surface area contributed by atoms with Gasteiger partial charge in [0.05, 0.1) is 32.8 Å². The molecule has 0 aliphatic carbocycles. The van der Waals surface area contributed by atoms with Crippen LogP contribution in [0.5, 0.6) is 5.75 Å². The summed E-state index contributed by atoms with van der Waals surface area (Å²) in [7, 11) is 1.76. The van der Waals surface area contributed by atoms with Gasteiger partial charge in [0.1, 0.15) is 17.9 Å². The molecule has 3 heterocycles. The van der Waals surface area contributed by atoms with Gasteiger partial charge in [-0.1, -0.05) is 0 Å². The van der Waals surface area contributed by atoms with Gasteiger partial charge in [0, 0.05) is 24.5 Å². The van der Waals surface area contributed by atoms with Crippen molar-refractivity contribution in [2.75, 3.05) is 5.32 Å². The van der Waals surface area contributed by atoms with Crippen molar-refractivity contribution in [2.24, 2.45) is 7.05 Å². The smallest absolute Gasteiger partial charge is 0.425 e. The van der Waals surface area contributed by atoms with Crippen LogP contribution in [0.25, 0.3) is 32.2 Å². The number of aryl methyl sites for hydroxylation is 1. The first-order valence-corrected chi connectivity index (χ1v) is 10.8. The summed E-state index contributed by atoms with van der Waals surface area (Å²) in [6.07, 6.45) is -1.80. The summed E-state index contributed by atoms with van der Waals surface area (Å²) in [5.41, 5.74) is 5.14. The van der Waals surface area contributed by atoms with Crippen molar-refractivity contribution in [2.45, 2.75) is 19.2 Å². The van der Waals surface area contributed by atoms with E-state index in [2.05, 4.69) is 25.4 Å². The van der Waals surface area contributed by atoms with E-state index in [0.29, 0.717) is 22.3 Å². The number of nitrogens with zero attached hydrogens (tertiary/aromatic N) is 5. The summed E-state index contributed by atoms with van der Waals surface area (Å²) >= 11 is 1.49. The van der Waals surface area contributed by atoms with Gasteiger partial charge in [-0.3, -0.25) is 4.68 Å². The molecule has 0 spiro atoms. The van der Waals surface area contributed by atoms with Gasteiger partial charge in [0.2, 0.25) is 0 Å². The van der Waals surface area contributed by atoms with Crippen molar-refractivity contribution in [3.63, 3.8) is 0 Å². The van der Waals surface area contributed by atoms with E-state index in [0.717, 1.165) is 28.4 Å². The molecule has 1 atom stereocenters. The second kappa shape index (κ2) is 8.00. The largest absolute Gasteiger partial charge is 0.480 e. The van der Waals surface area contributed by atoms with E-state index in [9.17, 15) is 13.2 Å².